The highest BCUT2D eigenvalue weighted by molar-refractivity contribution is 7.22. The third-order valence-corrected chi connectivity index (χ3v) is 4.70. The Bertz CT molecular complexity index is 882. The van der Waals surface area contributed by atoms with Gasteiger partial charge in [0, 0.05) is 19.2 Å². The van der Waals surface area contributed by atoms with Crippen LogP contribution in [0.25, 0.3) is 10.2 Å². The quantitative estimate of drug-likeness (QED) is 0.718. The molecule has 0 bridgehead atoms. The number of ether oxygens (including phenoxy) is 1. The SMILES string of the molecule is CC.Nc1cc(Nc2ncc(F)c3nc(N4CCOCC4)sc23)ncn1. The topological polar surface area (TPSA) is 102 Å². The predicted octanol–water partition coefficient (Wildman–Crippen LogP) is 2.81. The molecule has 8 nitrogen and oxygen atoms in total. The van der Waals surface area contributed by atoms with Crippen LogP contribution < -0.4 is 16.0 Å². The van der Waals surface area contributed by atoms with Gasteiger partial charge in [0.15, 0.2) is 16.8 Å². The molecule has 0 amide bonds. The highest BCUT2D eigenvalue weighted by Crippen LogP contribution is 2.35. The Hall–Kier alpha value is -2.59. The first-order valence-electron chi connectivity index (χ1n) is 8.33. The van der Waals surface area contributed by atoms with Crippen LogP contribution in [0.1, 0.15) is 13.8 Å². The molecule has 0 spiro atoms. The lowest BCUT2D eigenvalue weighted by Crippen LogP contribution is -2.36. The van der Waals surface area contributed by atoms with Gasteiger partial charge in [-0.05, 0) is 0 Å². The van der Waals surface area contributed by atoms with Crippen molar-refractivity contribution in [3.8, 4) is 0 Å². The molecule has 1 fully saturated rings. The number of morpholine rings is 1. The van der Waals surface area contributed by atoms with Crippen molar-refractivity contribution in [1.82, 2.24) is 19.9 Å². The molecule has 0 radical (unpaired) electrons. The zero-order chi connectivity index (χ0) is 18.5. The molecular weight excluding hydrogens is 357 g/mol. The van der Waals surface area contributed by atoms with Gasteiger partial charge in [-0.2, -0.15) is 0 Å². The summed E-state index contributed by atoms with van der Waals surface area (Å²) in [6.07, 6.45) is 2.50. The van der Waals surface area contributed by atoms with Gasteiger partial charge >= 0.3 is 0 Å². The van der Waals surface area contributed by atoms with Crippen molar-refractivity contribution < 1.29 is 9.13 Å². The molecule has 0 saturated carbocycles. The third-order valence-electron chi connectivity index (χ3n) is 3.58. The van der Waals surface area contributed by atoms with Gasteiger partial charge in [-0.15, -0.1) is 0 Å². The highest BCUT2D eigenvalue weighted by atomic mass is 32.1. The van der Waals surface area contributed by atoms with E-state index < -0.39 is 5.82 Å². The summed E-state index contributed by atoms with van der Waals surface area (Å²) in [5, 5.41) is 3.80. The summed E-state index contributed by atoms with van der Waals surface area (Å²) in [5.74, 6) is 0.864. The van der Waals surface area contributed by atoms with E-state index in [1.54, 1.807) is 6.07 Å². The minimum Gasteiger partial charge on any atom is -0.384 e. The Balaban J connectivity index is 0.000000948. The normalized spacial score (nSPS) is 14.0. The van der Waals surface area contributed by atoms with Crippen LogP contribution in [0.5, 0.6) is 0 Å². The number of rotatable bonds is 3. The minimum atomic E-state index is -0.450. The third kappa shape index (κ3) is 3.81. The van der Waals surface area contributed by atoms with Crippen LogP contribution in [0, 0.1) is 5.82 Å². The Morgan fingerprint density at radius 1 is 1.23 bits per heavy atom. The average molecular weight is 377 g/mol. The van der Waals surface area contributed by atoms with Crippen molar-refractivity contribution in [2.24, 2.45) is 0 Å². The summed E-state index contributed by atoms with van der Waals surface area (Å²) < 4.78 is 20.1. The number of thiazole rings is 1. The van der Waals surface area contributed by atoms with Crippen LogP contribution in [0.15, 0.2) is 18.6 Å². The summed E-state index contributed by atoms with van der Waals surface area (Å²) in [4.78, 5) is 18.6. The molecule has 26 heavy (non-hydrogen) atoms. The number of nitrogen functional groups attached to an aromatic ring is 1. The Morgan fingerprint density at radius 2 is 2.00 bits per heavy atom. The first-order chi connectivity index (χ1) is 12.7. The van der Waals surface area contributed by atoms with Crippen molar-refractivity contribution in [3.05, 3.63) is 24.4 Å². The van der Waals surface area contributed by atoms with Gasteiger partial charge in [-0.25, -0.2) is 24.3 Å². The molecule has 1 saturated heterocycles. The maximum Gasteiger partial charge on any atom is 0.186 e. The van der Waals surface area contributed by atoms with E-state index in [4.69, 9.17) is 10.5 Å². The van der Waals surface area contributed by atoms with Gasteiger partial charge in [0.2, 0.25) is 0 Å². The van der Waals surface area contributed by atoms with Crippen molar-refractivity contribution in [3.63, 3.8) is 0 Å². The van der Waals surface area contributed by atoms with Crippen LogP contribution >= 0.6 is 11.3 Å². The fourth-order valence-corrected chi connectivity index (χ4v) is 3.48. The molecule has 4 rings (SSSR count). The van der Waals surface area contributed by atoms with Crippen molar-refractivity contribution in [2.75, 3.05) is 42.3 Å². The molecular formula is C16H20FN7OS. The zero-order valence-corrected chi connectivity index (χ0v) is 15.4. The molecule has 3 aromatic rings. The largest absolute Gasteiger partial charge is 0.384 e. The lowest BCUT2D eigenvalue weighted by atomic mass is 10.4. The maximum atomic E-state index is 14.1. The summed E-state index contributed by atoms with van der Waals surface area (Å²) in [6.45, 7) is 6.75. The van der Waals surface area contributed by atoms with E-state index >= 15 is 0 Å². The van der Waals surface area contributed by atoms with Crippen LogP contribution in [0.4, 0.5) is 27.0 Å². The number of nitrogens with one attached hydrogen (secondary N) is 1. The highest BCUT2D eigenvalue weighted by Gasteiger charge is 2.19. The Labute approximate surface area is 154 Å². The molecule has 3 N–H and O–H groups in total. The van der Waals surface area contributed by atoms with Crippen molar-refractivity contribution >= 4 is 44.1 Å². The van der Waals surface area contributed by atoms with E-state index in [0.717, 1.165) is 24.4 Å². The number of aromatic nitrogens is 4. The lowest BCUT2D eigenvalue weighted by molar-refractivity contribution is 0.122. The fourth-order valence-electron chi connectivity index (χ4n) is 2.41. The summed E-state index contributed by atoms with van der Waals surface area (Å²) >= 11 is 1.39. The van der Waals surface area contributed by atoms with Gasteiger partial charge in [-0.3, -0.25) is 0 Å². The lowest BCUT2D eigenvalue weighted by Gasteiger charge is -2.25. The van der Waals surface area contributed by atoms with E-state index in [0.29, 0.717) is 40.9 Å². The van der Waals surface area contributed by atoms with Gasteiger partial charge in [0.25, 0.3) is 0 Å². The predicted molar refractivity (Wildman–Crippen MR) is 101 cm³/mol. The molecule has 0 aromatic carbocycles. The average Bonchev–Trinajstić information content (AvgIpc) is 3.13. The molecule has 0 aliphatic carbocycles. The number of nitrogens with zero attached hydrogens (tertiary/aromatic N) is 5. The zero-order valence-electron chi connectivity index (χ0n) is 14.6. The van der Waals surface area contributed by atoms with Crippen LogP contribution in [0.3, 0.4) is 0 Å². The monoisotopic (exact) mass is 377 g/mol. The van der Waals surface area contributed by atoms with E-state index in [-0.39, 0.29) is 0 Å². The van der Waals surface area contributed by atoms with Gasteiger partial charge < -0.3 is 20.7 Å². The number of hydrogen-bond donors (Lipinski definition) is 2. The molecule has 3 aromatic heterocycles. The van der Waals surface area contributed by atoms with Gasteiger partial charge in [0.1, 0.15) is 28.2 Å². The molecule has 0 atom stereocenters. The van der Waals surface area contributed by atoms with E-state index in [9.17, 15) is 4.39 Å². The first kappa shape index (κ1) is 18.2. The second-order valence-electron chi connectivity index (χ2n) is 5.18. The summed E-state index contributed by atoms with van der Waals surface area (Å²) in [7, 11) is 0. The number of hydrogen-bond acceptors (Lipinski definition) is 9. The number of anilines is 4. The van der Waals surface area contributed by atoms with Crippen LogP contribution in [-0.4, -0.2) is 46.2 Å². The Kier molecular flexibility index (Phi) is 5.74. The summed E-state index contributed by atoms with van der Waals surface area (Å²) in [5.41, 5.74) is 5.94. The van der Waals surface area contributed by atoms with E-state index in [1.165, 1.54) is 17.7 Å². The van der Waals surface area contributed by atoms with E-state index in [2.05, 4.69) is 30.2 Å². The number of fused-ring (bicyclic) bond motifs is 1. The fraction of sp³-hybridized carbons (Fsp3) is 0.375. The van der Waals surface area contributed by atoms with Crippen molar-refractivity contribution in [2.45, 2.75) is 13.8 Å². The number of halogens is 1. The number of nitrogens with two attached hydrogens (primary N) is 1. The summed E-state index contributed by atoms with van der Waals surface area (Å²) in [6, 6.07) is 1.58. The molecule has 138 valence electrons. The van der Waals surface area contributed by atoms with Crippen LogP contribution in [0.2, 0.25) is 0 Å². The number of pyridine rings is 1. The smallest absolute Gasteiger partial charge is 0.186 e. The van der Waals surface area contributed by atoms with E-state index in [1.807, 2.05) is 13.8 Å². The molecule has 1 aliphatic rings. The van der Waals surface area contributed by atoms with Crippen LogP contribution in [-0.2, 0) is 4.74 Å². The minimum absolute atomic E-state index is 0.293. The second kappa shape index (κ2) is 8.19. The Morgan fingerprint density at radius 3 is 2.73 bits per heavy atom. The molecule has 10 heteroatoms. The standard InChI is InChI=1S/C14H14FN7OS.C2H6/c15-8-6-17-13(20-10-5-9(16)18-7-19-10)12-11(8)21-14(24-12)22-1-3-23-4-2-22;1-2/h5-7H,1-4H2,(H3,16,17,18,19,20);1-2H3. The molecule has 1 aliphatic heterocycles. The molecule has 0 unspecified atom stereocenters. The van der Waals surface area contributed by atoms with Gasteiger partial charge in [0.05, 0.1) is 19.4 Å². The van der Waals surface area contributed by atoms with Crippen molar-refractivity contribution in [1.29, 1.82) is 0 Å². The maximum absolute atomic E-state index is 14.1. The molecule has 4 heterocycles. The van der Waals surface area contributed by atoms with Gasteiger partial charge in [-0.1, -0.05) is 25.2 Å². The second-order valence-corrected chi connectivity index (χ2v) is 6.16. The first-order valence-corrected chi connectivity index (χ1v) is 9.14.